The normalized spacial score (nSPS) is 11.0. The van der Waals surface area contributed by atoms with Crippen molar-refractivity contribution in [1.82, 2.24) is 4.98 Å². The maximum Gasteiger partial charge on any atom is 0.227 e. The molecule has 0 fully saturated rings. The Morgan fingerprint density at radius 1 is 0.958 bits per heavy atom. The van der Waals surface area contributed by atoms with E-state index < -0.39 is 0 Å². The molecule has 2 N–H and O–H groups in total. The van der Waals surface area contributed by atoms with Gasteiger partial charge in [-0.15, -0.1) is 0 Å². The summed E-state index contributed by atoms with van der Waals surface area (Å²) in [6.07, 6.45) is 0.801. The van der Waals surface area contributed by atoms with E-state index in [4.69, 9.17) is 21.8 Å². The Kier molecular flexibility index (Phi) is 3.71. The van der Waals surface area contributed by atoms with Crippen molar-refractivity contribution in [2.75, 3.05) is 5.73 Å². The minimum atomic E-state index is 0.499. The molecule has 0 bridgehead atoms. The number of hydrogen-bond donors (Lipinski definition) is 1. The highest BCUT2D eigenvalue weighted by Gasteiger charge is 2.12. The highest BCUT2D eigenvalue weighted by Crippen LogP contribution is 2.30. The number of nitrogen functional groups attached to an aromatic ring is 1. The first kappa shape index (κ1) is 14.8. The number of halogens is 1. The van der Waals surface area contributed by atoms with Crippen molar-refractivity contribution < 1.29 is 4.42 Å². The van der Waals surface area contributed by atoms with Crippen LogP contribution in [0.4, 0.5) is 5.69 Å². The zero-order valence-corrected chi connectivity index (χ0v) is 13.6. The molecule has 0 atom stereocenters. The summed E-state index contributed by atoms with van der Waals surface area (Å²) in [6, 6.07) is 21.7. The van der Waals surface area contributed by atoms with Gasteiger partial charge in [-0.25, -0.2) is 4.98 Å². The monoisotopic (exact) mass is 334 g/mol. The van der Waals surface area contributed by atoms with E-state index in [0.29, 0.717) is 16.6 Å². The number of para-hydroxylation sites is 1. The van der Waals surface area contributed by atoms with Crippen LogP contribution in [0.15, 0.2) is 71.1 Å². The van der Waals surface area contributed by atoms with Gasteiger partial charge in [-0.05, 0) is 29.8 Å². The van der Waals surface area contributed by atoms with E-state index in [1.807, 2.05) is 36.4 Å². The predicted octanol–water partition coefficient (Wildman–Crippen LogP) is 5.32. The summed E-state index contributed by atoms with van der Waals surface area (Å²) < 4.78 is 6.04. The summed E-state index contributed by atoms with van der Waals surface area (Å²) in [5.41, 5.74) is 11.1. The lowest BCUT2D eigenvalue weighted by atomic mass is 10.0. The molecule has 3 aromatic carbocycles. The fourth-order valence-corrected chi connectivity index (χ4v) is 2.93. The molecular weight excluding hydrogens is 320 g/mol. The van der Waals surface area contributed by atoms with Crippen LogP contribution in [0.2, 0.25) is 5.02 Å². The Balaban J connectivity index is 1.78. The van der Waals surface area contributed by atoms with Gasteiger partial charge in [0.1, 0.15) is 5.52 Å². The van der Waals surface area contributed by atoms with Crippen LogP contribution in [-0.4, -0.2) is 4.98 Å². The van der Waals surface area contributed by atoms with E-state index in [1.54, 1.807) is 12.1 Å². The summed E-state index contributed by atoms with van der Waals surface area (Å²) in [7, 11) is 0. The van der Waals surface area contributed by atoms with Crippen molar-refractivity contribution in [2.45, 2.75) is 6.42 Å². The quantitative estimate of drug-likeness (QED) is 0.516. The third-order valence-electron chi connectivity index (χ3n) is 3.98. The molecule has 4 aromatic rings. The van der Waals surface area contributed by atoms with Gasteiger partial charge in [0.25, 0.3) is 0 Å². The topological polar surface area (TPSA) is 52.0 Å². The minimum absolute atomic E-state index is 0.499. The Morgan fingerprint density at radius 2 is 1.79 bits per heavy atom. The number of rotatable bonds is 3. The highest BCUT2D eigenvalue weighted by molar-refractivity contribution is 6.33. The number of fused-ring (bicyclic) bond motifs is 1. The molecule has 3 nitrogen and oxygen atoms in total. The van der Waals surface area contributed by atoms with Gasteiger partial charge in [0.2, 0.25) is 5.89 Å². The van der Waals surface area contributed by atoms with Gasteiger partial charge in [-0.3, -0.25) is 0 Å². The van der Waals surface area contributed by atoms with E-state index in [0.717, 1.165) is 28.6 Å². The van der Waals surface area contributed by atoms with Gasteiger partial charge in [-0.2, -0.15) is 0 Å². The summed E-state index contributed by atoms with van der Waals surface area (Å²) >= 11 is 6.11. The van der Waals surface area contributed by atoms with Crippen LogP contribution in [0.1, 0.15) is 11.1 Å². The Labute approximate surface area is 144 Å². The summed E-state index contributed by atoms with van der Waals surface area (Å²) in [6.45, 7) is 0. The Bertz CT molecular complexity index is 1010. The third-order valence-corrected chi connectivity index (χ3v) is 4.31. The molecule has 4 heteroatoms. The van der Waals surface area contributed by atoms with E-state index in [-0.39, 0.29) is 0 Å². The number of nitrogens with zero attached hydrogens (tertiary/aromatic N) is 1. The molecule has 0 amide bonds. The molecule has 0 radical (unpaired) electrons. The third kappa shape index (κ3) is 2.74. The lowest BCUT2D eigenvalue weighted by Gasteiger charge is -2.02. The van der Waals surface area contributed by atoms with Crippen LogP contribution >= 0.6 is 11.6 Å². The Morgan fingerprint density at radius 3 is 2.58 bits per heavy atom. The molecule has 0 unspecified atom stereocenters. The maximum absolute atomic E-state index is 6.11. The van der Waals surface area contributed by atoms with Crippen LogP contribution in [-0.2, 0) is 6.42 Å². The average molecular weight is 335 g/mol. The summed E-state index contributed by atoms with van der Waals surface area (Å²) in [4.78, 5) is 4.59. The highest BCUT2D eigenvalue weighted by atomic mass is 35.5. The van der Waals surface area contributed by atoms with E-state index in [2.05, 4.69) is 23.2 Å². The fraction of sp³-hybridized carbons (Fsp3) is 0.0500. The molecule has 4 rings (SSSR count). The molecule has 1 aromatic heterocycles. The second-order valence-corrected chi connectivity index (χ2v) is 6.09. The number of benzene rings is 3. The predicted molar refractivity (Wildman–Crippen MR) is 98.1 cm³/mol. The van der Waals surface area contributed by atoms with Crippen molar-refractivity contribution in [3.8, 4) is 11.5 Å². The molecule has 0 saturated carbocycles. The second-order valence-electron chi connectivity index (χ2n) is 5.68. The molecule has 24 heavy (non-hydrogen) atoms. The van der Waals surface area contributed by atoms with Crippen LogP contribution in [0.5, 0.6) is 0 Å². The molecule has 1 heterocycles. The van der Waals surface area contributed by atoms with Crippen LogP contribution in [0, 0.1) is 0 Å². The average Bonchev–Trinajstić information content (AvgIpc) is 3.04. The van der Waals surface area contributed by atoms with Crippen LogP contribution < -0.4 is 5.73 Å². The van der Waals surface area contributed by atoms with Gasteiger partial charge in [0.05, 0.1) is 10.7 Å². The summed E-state index contributed by atoms with van der Waals surface area (Å²) in [5, 5.41) is 0.499. The number of nitrogens with two attached hydrogens (primary N) is 1. The minimum Gasteiger partial charge on any atom is -0.436 e. The zero-order valence-electron chi connectivity index (χ0n) is 12.9. The van der Waals surface area contributed by atoms with Gasteiger partial charge in [0.15, 0.2) is 5.58 Å². The smallest absolute Gasteiger partial charge is 0.227 e. The van der Waals surface area contributed by atoms with E-state index in [9.17, 15) is 0 Å². The van der Waals surface area contributed by atoms with E-state index in [1.165, 1.54) is 5.56 Å². The molecule has 0 aliphatic carbocycles. The standard InChI is InChI=1S/C20H15ClN2O/c21-16-12-15(9-10-17(16)22)20-23-18-8-4-7-14(19(18)24-20)11-13-5-2-1-3-6-13/h1-10,12H,11,22H2. The number of aromatic nitrogens is 1. The van der Waals surface area contributed by atoms with Gasteiger partial charge >= 0.3 is 0 Å². The number of anilines is 1. The second kappa shape index (κ2) is 6.02. The van der Waals surface area contributed by atoms with Crippen molar-refractivity contribution in [3.63, 3.8) is 0 Å². The van der Waals surface area contributed by atoms with Crippen molar-refractivity contribution >= 4 is 28.4 Å². The van der Waals surface area contributed by atoms with Crippen LogP contribution in [0.3, 0.4) is 0 Å². The van der Waals surface area contributed by atoms with Crippen molar-refractivity contribution in [3.05, 3.63) is 82.9 Å². The molecule has 0 aliphatic heterocycles. The van der Waals surface area contributed by atoms with Gasteiger partial charge in [-0.1, -0.05) is 54.1 Å². The zero-order chi connectivity index (χ0) is 16.5. The van der Waals surface area contributed by atoms with Crippen molar-refractivity contribution in [2.24, 2.45) is 0 Å². The fourth-order valence-electron chi connectivity index (χ4n) is 2.74. The largest absolute Gasteiger partial charge is 0.436 e. The van der Waals surface area contributed by atoms with E-state index >= 15 is 0 Å². The first-order valence-electron chi connectivity index (χ1n) is 7.68. The van der Waals surface area contributed by atoms with Crippen LogP contribution in [0.25, 0.3) is 22.6 Å². The molecule has 0 spiro atoms. The SMILES string of the molecule is Nc1ccc(-c2nc3cccc(Cc4ccccc4)c3o2)cc1Cl. The lowest BCUT2D eigenvalue weighted by Crippen LogP contribution is -1.87. The number of hydrogen-bond acceptors (Lipinski definition) is 3. The molecule has 0 saturated heterocycles. The summed E-state index contributed by atoms with van der Waals surface area (Å²) in [5.74, 6) is 0.549. The first-order chi connectivity index (χ1) is 11.7. The first-order valence-corrected chi connectivity index (χ1v) is 8.06. The lowest BCUT2D eigenvalue weighted by molar-refractivity contribution is 0.616. The maximum atomic E-state index is 6.11. The van der Waals surface area contributed by atoms with Crippen molar-refractivity contribution in [1.29, 1.82) is 0 Å². The molecule has 118 valence electrons. The molecular formula is C20H15ClN2O. The van der Waals surface area contributed by atoms with Gasteiger partial charge < -0.3 is 10.2 Å². The van der Waals surface area contributed by atoms with Gasteiger partial charge in [0, 0.05) is 17.5 Å². The molecule has 0 aliphatic rings. The number of oxazole rings is 1. The Hall–Kier alpha value is -2.78.